The predicted octanol–water partition coefficient (Wildman–Crippen LogP) is 1.46. The van der Waals surface area contributed by atoms with E-state index in [-0.39, 0.29) is 17.9 Å². The molecule has 0 aromatic carbocycles. The van der Waals surface area contributed by atoms with Crippen LogP contribution in [-0.2, 0) is 11.8 Å². The SMILES string of the molecule is Cc1nn(C)c(C)c1C(C)NCCNC(=O)C(C)C. The number of carbonyl (C=O) groups is 1. The number of nitrogens with one attached hydrogen (secondary N) is 2. The second-order valence-corrected chi connectivity index (χ2v) is 5.33. The Morgan fingerprint density at radius 1 is 1.26 bits per heavy atom. The molecule has 5 heteroatoms. The lowest BCUT2D eigenvalue weighted by molar-refractivity contribution is -0.123. The fraction of sp³-hybridized carbons (Fsp3) is 0.714. The molecule has 1 rings (SSSR count). The van der Waals surface area contributed by atoms with Gasteiger partial charge in [0.05, 0.1) is 5.69 Å². The number of nitrogens with zero attached hydrogens (tertiary/aromatic N) is 2. The Balaban J connectivity index is 2.44. The maximum Gasteiger partial charge on any atom is 0.222 e. The average Bonchev–Trinajstić information content (AvgIpc) is 2.58. The maximum absolute atomic E-state index is 11.4. The van der Waals surface area contributed by atoms with E-state index in [1.807, 2.05) is 32.5 Å². The second kappa shape index (κ2) is 6.70. The van der Waals surface area contributed by atoms with Gasteiger partial charge in [-0.05, 0) is 20.8 Å². The summed E-state index contributed by atoms with van der Waals surface area (Å²) in [4.78, 5) is 11.4. The molecule has 5 nitrogen and oxygen atoms in total. The van der Waals surface area contributed by atoms with Crippen molar-refractivity contribution in [2.24, 2.45) is 13.0 Å². The molecule has 1 atom stereocenters. The van der Waals surface area contributed by atoms with Gasteiger partial charge in [-0.15, -0.1) is 0 Å². The van der Waals surface area contributed by atoms with Gasteiger partial charge >= 0.3 is 0 Å². The Kier molecular flexibility index (Phi) is 5.54. The van der Waals surface area contributed by atoms with Crippen molar-refractivity contribution < 1.29 is 4.79 Å². The highest BCUT2D eigenvalue weighted by Gasteiger charge is 2.15. The van der Waals surface area contributed by atoms with Gasteiger partial charge in [0.15, 0.2) is 0 Å². The first kappa shape index (κ1) is 15.7. The molecule has 1 amide bonds. The van der Waals surface area contributed by atoms with Crippen LogP contribution in [-0.4, -0.2) is 28.8 Å². The number of amides is 1. The van der Waals surface area contributed by atoms with Crippen molar-refractivity contribution in [2.45, 2.75) is 40.7 Å². The van der Waals surface area contributed by atoms with Crippen LogP contribution in [0.3, 0.4) is 0 Å². The molecule has 0 saturated carbocycles. The van der Waals surface area contributed by atoms with Crippen LogP contribution in [0.5, 0.6) is 0 Å². The molecular weight excluding hydrogens is 240 g/mol. The summed E-state index contributed by atoms with van der Waals surface area (Å²) in [6.45, 7) is 11.4. The molecule has 1 unspecified atom stereocenters. The summed E-state index contributed by atoms with van der Waals surface area (Å²) in [6.07, 6.45) is 0. The Bertz CT molecular complexity index is 437. The van der Waals surface area contributed by atoms with Crippen molar-refractivity contribution >= 4 is 5.91 Å². The minimum absolute atomic E-state index is 0.0419. The van der Waals surface area contributed by atoms with Crippen LogP contribution in [0.1, 0.15) is 43.8 Å². The van der Waals surface area contributed by atoms with Crippen molar-refractivity contribution in [2.75, 3.05) is 13.1 Å². The molecule has 0 saturated heterocycles. The molecule has 0 aliphatic heterocycles. The van der Waals surface area contributed by atoms with Crippen molar-refractivity contribution in [3.8, 4) is 0 Å². The number of aromatic nitrogens is 2. The first-order chi connectivity index (χ1) is 8.84. The highest BCUT2D eigenvalue weighted by atomic mass is 16.1. The van der Waals surface area contributed by atoms with Crippen molar-refractivity contribution in [1.82, 2.24) is 20.4 Å². The van der Waals surface area contributed by atoms with E-state index >= 15 is 0 Å². The van der Waals surface area contributed by atoms with Crippen LogP contribution in [0.25, 0.3) is 0 Å². The minimum Gasteiger partial charge on any atom is -0.355 e. The molecule has 0 radical (unpaired) electrons. The van der Waals surface area contributed by atoms with Crippen LogP contribution >= 0.6 is 0 Å². The lowest BCUT2D eigenvalue weighted by Gasteiger charge is -2.15. The first-order valence-electron chi connectivity index (χ1n) is 6.85. The van der Waals surface area contributed by atoms with Gasteiger partial charge in [-0.3, -0.25) is 9.48 Å². The summed E-state index contributed by atoms with van der Waals surface area (Å²) in [5.74, 6) is 0.142. The molecule has 0 fully saturated rings. The van der Waals surface area contributed by atoms with Crippen molar-refractivity contribution in [3.05, 3.63) is 17.0 Å². The van der Waals surface area contributed by atoms with Gasteiger partial charge in [0.1, 0.15) is 0 Å². The van der Waals surface area contributed by atoms with E-state index in [1.54, 1.807) is 0 Å². The minimum atomic E-state index is 0.0419. The third-order valence-electron chi connectivity index (χ3n) is 3.40. The summed E-state index contributed by atoms with van der Waals surface area (Å²) in [6, 6.07) is 0.240. The monoisotopic (exact) mass is 266 g/mol. The number of aryl methyl sites for hydroxylation is 2. The van der Waals surface area contributed by atoms with Gasteiger partial charge in [0.2, 0.25) is 5.91 Å². The largest absolute Gasteiger partial charge is 0.355 e. The molecule has 1 aromatic heterocycles. The third-order valence-corrected chi connectivity index (χ3v) is 3.40. The van der Waals surface area contributed by atoms with Gasteiger partial charge in [-0.25, -0.2) is 0 Å². The van der Waals surface area contributed by atoms with Crippen LogP contribution in [0.2, 0.25) is 0 Å². The third kappa shape index (κ3) is 4.06. The van der Waals surface area contributed by atoms with Gasteiger partial charge in [-0.1, -0.05) is 13.8 Å². The van der Waals surface area contributed by atoms with Gasteiger partial charge in [-0.2, -0.15) is 5.10 Å². The van der Waals surface area contributed by atoms with Crippen LogP contribution < -0.4 is 10.6 Å². The Hall–Kier alpha value is -1.36. The molecule has 1 aromatic rings. The average molecular weight is 266 g/mol. The maximum atomic E-state index is 11.4. The highest BCUT2D eigenvalue weighted by molar-refractivity contribution is 5.77. The zero-order valence-corrected chi connectivity index (χ0v) is 12.9. The second-order valence-electron chi connectivity index (χ2n) is 5.33. The molecule has 19 heavy (non-hydrogen) atoms. The van der Waals surface area contributed by atoms with Gasteiger partial charge in [0.25, 0.3) is 0 Å². The normalized spacial score (nSPS) is 12.8. The van der Waals surface area contributed by atoms with E-state index in [9.17, 15) is 4.79 Å². The Morgan fingerprint density at radius 3 is 2.37 bits per heavy atom. The summed E-state index contributed by atoms with van der Waals surface area (Å²) in [5, 5.41) is 10.7. The zero-order chi connectivity index (χ0) is 14.6. The van der Waals surface area contributed by atoms with Crippen LogP contribution in [0.15, 0.2) is 0 Å². The smallest absolute Gasteiger partial charge is 0.222 e. The van der Waals surface area contributed by atoms with Gasteiger partial charge in [0, 0.05) is 43.4 Å². The quantitative estimate of drug-likeness (QED) is 0.766. The topological polar surface area (TPSA) is 59.0 Å². The number of hydrogen-bond donors (Lipinski definition) is 2. The predicted molar refractivity (Wildman–Crippen MR) is 76.9 cm³/mol. The van der Waals surface area contributed by atoms with Crippen LogP contribution in [0, 0.1) is 19.8 Å². The van der Waals surface area contributed by atoms with E-state index in [1.165, 1.54) is 11.3 Å². The lowest BCUT2D eigenvalue weighted by Crippen LogP contribution is -2.35. The Morgan fingerprint density at radius 2 is 1.89 bits per heavy atom. The van der Waals surface area contributed by atoms with E-state index in [4.69, 9.17) is 0 Å². The first-order valence-corrected chi connectivity index (χ1v) is 6.85. The fourth-order valence-corrected chi connectivity index (χ4v) is 2.20. The standard InChI is InChI=1S/C14H26N4O/c1-9(2)14(19)16-8-7-15-10(3)13-11(4)17-18(6)12(13)5/h9-10,15H,7-8H2,1-6H3,(H,16,19). The molecule has 108 valence electrons. The van der Waals surface area contributed by atoms with Crippen molar-refractivity contribution in [3.63, 3.8) is 0 Å². The molecule has 2 N–H and O–H groups in total. The van der Waals surface area contributed by atoms with Gasteiger partial charge < -0.3 is 10.6 Å². The Labute approximate surface area is 115 Å². The van der Waals surface area contributed by atoms with E-state index in [0.29, 0.717) is 6.54 Å². The molecule has 1 heterocycles. The lowest BCUT2D eigenvalue weighted by atomic mass is 10.1. The number of carbonyl (C=O) groups excluding carboxylic acids is 1. The fourth-order valence-electron chi connectivity index (χ4n) is 2.20. The van der Waals surface area contributed by atoms with Crippen molar-refractivity contribution in [1.29, 1.82) is 0 Å². The molecule has 0 bridgehead atoms. The summed E-state index contributed by atoms with van der Waals surface area (Å²) >= 11 is 0. The summed E-state index contributed by atoms with van der Waals surface area (Å²) in [5.41, 5.74) is 3.49. The molecule has 0 aliphatic carbocycles. The van der Waals surface area contributed by atoms with E-state index in [0.717, 1.165) is 12.2 Å². The van der Waals surface area contributed by atoms with Crippen LogP contribution in [0.4, 0.5) is 0 Å². The molecule has 0 spiro atoms. The van der Waals surface area contributed by atoms with E-state index < -0.39 is 0 Å². The molecule has 0 aliphatic rings. The number of rotatable bonds is 6. The summed E-state index contributed by atoms with van der Waals surface area (Å²) in [7, 11) is 1.96. The zero-order valence-electron chi connectivity index (χ0n) is 12.9. The molecular formula is C14H26N4O. The van der Waals surface area contributed by atoms with E-state index in [2.05, 4.69) is 29.6 Å². The number of hydrogen-bond acceptors (Lipinski definition) is 3. The highest BCUT2D eigenvalue weighted by Crippen LogP contribution is 2.20. The summed E-state index contributed by atoms with van der Waals surface area (Å²) < 4.78 is 1.91.